The summed E-state index contributed by atoms with van der Waals surface area (Å²) in [4.78, 5) is 29.0. The number of carbonyl (C=O) groups is 2. The third-order valence-electron chi connectivity index (χ3n) is 5.50. The van der Waals surface area contributed by atoms with E-state index in [1.807, 2.05) is 6.07 Å². The number of benzene rings is 1. The Balaban J connectivity index is 1.53. The van der Waals surface area contributed by atoms with Crippen molar-refractivity contribution < 1.29 is 22.7 Å². The van der Waals surface area contributed by atoms with Crippen LogP contribution in [0.1, 0.15) is 31.2 Å². The number of rotatable bonds is 6. The van der Waals surface area contributed by atoms with Gasteiger partial charge in [-0.3, -0.25) is 9.59 Å². The highest BCUT2D eigenvalue weighted by atomic mass is 35.5. The second kappa shape index (κ2) is 9.91. The molecule has 33 heavy (non-hydrogen) atoms. The average Bonchev–Trinajstić information content (AvgIpc) is 3.13. The predicted molar refractivity (Wildman–Crippen MR) is 120 cm³/mol. The van der Waals surface area contributed by atoms with Gasteiger partial charge in [0.2, 0.25) is 0 Å². The number of esters is 1. The molecule has 1 saturated heterocycles. The maximum absolute atomic E-state index is 12.8. The summed E-state index contributed by atoms with van der Waals surface area (Å²) in [6, 6.07) is 6.36. The van der Waals surface area contributed by atoms with Crippen LogP contribution < -0.4 is 5.32 Å². The fourth-order valence-electron chi connectivity index (χ4n) is 3.37. The van der Waals surface area contributed by atoms with Crippen LogP contribution >= 0.6 is 11.6 Å². The molecule has 0 spiro atoms. The van der Waals surface area contributed by atoms with Crippen LogP contribution in [0.4, 0.5) is 5.69 Å². The Morgan fingerprint density at radius 1 is 1.33 bits per heavy atom. The number of sulfonamides is 1. The zero-order chi connectivity index (χ0) is 24.3. The van der Waals surface area contributed by atoms with E-state index in [0.717, 1.165) is 0 Å². The van der Waals surface area contributed by atoms with E-state index in [4.69, 9.17) is 21.6 Å². The number of hydrogen-bond donors (Lipinski definition) is 1. The predicted octanol–water partition coefficient (Wildman–Crippen LogP) is 2.22. The molecule has 1 aliphatic heterocycles. The van der Waals surface area contributed by atoms with Gasteiger partial charge < -0.3 is 14.6 Å². The Bertz CT molecular complexity index is 1190. The van der Waals surface area contributed by atoms with Gasteiger partial charge in [-0.2, -0.15) is 9.57 Å². The van der Waals surface area contributed by atoms with Crippen molar-refractivity contribution in [3.8, 4) is 6.07 Å². The molecule has 1 unspecified atom stereocenters. The van der Waals surface area contributed by atoms with Crippen LogP contribution in [0.15, 0.2) is 29.4 Å². The van der Waals surface area contributed by atoms with E-state index >= 15 is 0 Å². The summed E-state index contributed by atoms with van der Waals surface area (Å²) in [7, 11) is -2.02. The number of aromatic nitrogens is 2. The minimum absolute atomic E-state index is 0.0169. The van der Waals surface area contributed by atoms with Crippen molar-refractivity contribution >= 4 is 39.2 Å². The van der Waals surface area contributed by atoms with Crippen LogP contribution in [0.25, 0.3) is 0 Å². The number of imidazole rings is 1. The van der Waals surface area contributed by atoms with E-state index in [1.54, 1.807) is 18.5 Å². The Kier molecular flexibility index (Phi) is 7.41. The lowest BCUT2D eigenvalue weighted by atomic mass is 9.98. The van der Waals surface area contributed by atoms with Crippen LogP contribution in [-0.4, -0.2) is 53.3 Å². The van der Waals surface area contributed by atoms with Crippen molar-refractivity contribution in [2.45, 2.75) is 37.8 Å². The van der Waals surface area contributed by atoms with Gasteiger partial charge in [0.25, 0.3) is 15.9 Å². The molecular formula is C21H24ClN5O5S. The molecule has 10 nitrogen and oxygen atoms in total. The lowest BCUT2D eigenvalue weighted by Crippen LogP contribution is -2.41. The molecule has 0 aliphatic carbocycles. The van der Waals surface area contributed by atoms with Gasteiger partial charge in [-0.05, 0) is 44.9 Å². The van der Waals surface area contributed by atoms with Crippen LogP contribution in [-0.2, 0) is 31.4 Å². The van der Waals surface area contributed by atoms with Gasteiger partial charge >= 0.3 is 5.97 Å². The van der Waals surface area contributed by atoms with Gasteiger partial charge in [-0.25, -0.2) is 13.4 Å². The Hall–Kier alpha value is -2.94. The molecule has 2 heterocycles. The lowest BCUT2D eigenvalue weighted by molar-refractivity contribution is -0.158. The quantitative estimate of drug-likeness (QED) is 0.609. The molecule has 12 heteroatoms. The molecule has 1 atom stereocenters. The standard InChI is InChI=1S/C21H24ClN5O5S/c1-13(20(28)25-17-5-4-16(11-23)18(22)10-17)32-21(29)15-6-8-27(9-7-15)33(30,31)19-12-26(3)14(2)24-19/h4-5,10,12-13,15H,6-9H2,1-3H3,(H,25,28). The molecule has 3 rings (SSSR count). The normalized spacial score (nSPS) is 16.1. The average molecular weight is 494 g/mol. The molecule has 0 bridgehead atoms. The van der Waals surface area contributed by atoms with Gasteiger partial charge in [0.1, 0.15) is 11.9 Å². The van der Waals surface area contributed by atoms with Crippen molar-refractivity contribution in [1.29, 1.82) is 5.26 Å². The Morgan fingerprint density at radius 3 is 2.55 bits per heavy atom. The van der Waals surface area contributed by atoms with Crippen molar-refractivity contribution in [2.24, 2.45) is 13.0 Å². The van der Waals surface area contributed by atoms with Crippen LogP contribution in [0.5, 0.6) is 0 Å². The lowest BCUT2D eigenvalue weighted by Gasteiger charge is -2.30. The molecule has 1 amide bonds. The van der Waals surface area contributed by atoms with Crippen LogP contribution in [0, 0.1) is 24.2 Å². The fraction of sp³-hybridized carbons (Fsp3) is 0.429. The number of nitrogens with zero attached hydrogens (tertiary/aromatic N) is 4. The number of anilines is 1. The number of carbonyl (C=O) groups excluding carboxylic acids is 2. The van der Waals surface area contributed by atoms with Gasteiger partial charge in [0.05, 0.1) is 16.5 Å². The molecule has 1 fully saturated rings. The molecule has 176 valence electrons. The summed E-state index contributed by atoms with van der Waals surface area (Å²) >= 11 is 5.96. The van der Waals surface area contributed by atoms with Crippen molar-refractivity contribution in [3.63, 3.8) is 0 Å². The maximum atomic E-state index is 12.8. The Labute approximate surface area is 197 Å². The second-order valence-electron chi connectivity index (χ2n) is 7.79. The highest BCUT2D eigenvalue weighted by molar-refractivity contribution is 7.89. The number of hydrogen-bond acceptors (Lipinski definition) is 7. The van der Waals surface area contributed by atoms with Crippen molar-refractivity contribution in [1.82, 2.24) is 13.9 Å². The number of amides is 1. The molecule has 1 aliphatic rings. The van der Waals surface area contributed by atoms with Crippen molar-refractivity contribution in [3.05, 3.63) is 40.8 Å². The fourth-order valence-corrected chi connectivity index (χ4v) is 5.08. The molecule has 0 radical (unpaired) electrons. The first-order valence-corrected chi connectivity index (χ1v) is 12.1. The summed E-state index contributed by atoms with van der Waals surface area (Å²) in [5.74, 6) is -1.03. The largest absolute Gasteiger partial charge is 0.452 e. The van der Waals surface area contributed by atoms with E-state index in [1.165, 1.54) is 35.6 Å². The molecule has 2 aromatic rings. The number of aryl methyl sites for hydroxylation is 2. The molecular weight excluding hydrogens is 470 g/mol. The van der Waals surface area contributed by atoms with E-state index in [0.29, 0.717) is 11.5 Å². The first-order valence-electron chi connectivity index (χ1n) is 10.2. The molecule has 1 aromatic heterocycles. The van der Waals surface area contributed by atoms with Gasteiger partial charge in [-0.15, -0.1) is 0 Å². The Morgan fingerprint density at radius 2 is 2.00 bits per heavy atom. The van der Waals surface area contributed by atoms with Gasteiger partial charge in [0.15, 0.2) is 11.1 Å². The van der Waals surface area contributed by atoms with E-state index in [2.05, 4.69) is 10.3 Å². The summed E-state index contributed by atoms with van der Waals surface area (Å²) in [5.41, 5.74) is 0.649. The molecule has 0 saturated carbocycles. The van der Waals surface area contributed by atoms with Crippen LogP contribution in [0.2, 0.25) is 5.02 Å². The molecule has 1 N–H and O–H groups in total. The van der Waals surface area contributed by atoms with Gasteiger partial charge in [0, 0.05) is 32.0 Å². The maximum Gasteiger partial charge on any atom is 0.309 e. The summed E-state index contributed by atoms with van der Waals surface area (Å²) < 4.78 is 33.8. The number of nitriles is 1. The number of halogens is 1. The van der Waals surface area contributed by atoms with E-state index in [-0.39, 0.29) is 41.5 Å². The van der Waals surface area contributed by atoms with Crippen molar-refractivity contribution in [2.75, 3.05) is 18.4 Å². The number of ether oxygens (including phenoxy) is 1. The summed E-state index contributed by atoms with van der Waals surface area (Å²) in [5, 5.41) is 11.7. The monoisotopic (exact) mass is 493 g/mol. The zero-order valence-corrected chi connectivity index (χ0v) is 20.0. The molecule has 1 aromatic carbocycles. The first-order chi connectivity index (χ1) is 15.5. The summed E-state index contributed by atoms with van der Waals surface area (Å²) in [6.07, 6.45) is 0.962. The zero-order valence-electron chi connectivity index (χ0n) is 18.4. The summed E-state index contributed by atoms with van der Waals surface area (Å²) in [6.45, 7) is 3.47. The van der Waals surface area contributed by atoms with Gasteiger partial charge in [-0.1, -0.05) is 11.6 Å². The topological polar surface area (TPSA) is 134 Å². The minimum Gasteiger partial charge on any atom is -0.452 e. The second-order valence-corrected chi connectivity index (χ2v) is 10.1. The minimum atomic E-state index is -3.74. The van der Waals surface area contributed by atoms with Crippen LogP contribution in [0.3, 0.4) is 0 Å². The third kappa shape index (κ3) is 5.52. The smallest absolute Gasteiger partial charge is 0.309 e. The SMILES string of the molecule is Cc1nc(S(=O)(=O)N2CCC(C(=O)OC(C)C(=O)Nc3ccc(C#N)c(Cl)c3)CC2)cn1C. The van der Waals surface area contributed by atoms with E-state index < -0.39 is 33.9 Å². The number of nitrogens with one attached hydrogen (secondary N) is 1. The highest BCUT2D eigenvalue weighted by Gasteiger charge is 2.35. The first kappa shape index (κ1) is 24.7. The third-order valence-corrected chi connectivity index (χ3v) is 7.58. The number of piperidine rings is 1. The van der Waals surface area contributed by atoms with E-state index in [9.17, 15) is 18.0 Å². The highest BCUT2D eigenvalue weighted by Crippen LogP contribution is 2.25.